The molecule has 0 bridgehead atoms. The van der Waals surface area contributed by atoms with Crippen molar-refractivity contribution in [3.05, 3.63) is 22.7 Å². The molecule has 1 aromatic rings. The predicted octanol–water partition coefficient (Wildman–Crippen LogP) is 2.78. The van der Waals surface area contributed by atoms with Gasteiger partial charge in [-0.15, -0.1) is 0 Å². The number of benzene rings is 1. The van der Waals surface area contributed by atoms with E-state index in [1.54, 1.807) is 13.0 Å². The summed E-state index contributed by atoms with van der Waals surface area (Å²) in [7, 11) is 0. The van der Waals surface area contributed by atoms with Gasteiger partial charge in [-0.3, -0.25) is 0 Å². The molecule has 3 N–H and O–H groups in total. The van der Waals surface area contributed by atoms with Gasteiger partial charge in [0.1, 0.15) is 0 Å². The average Bonchev–Trinajstić information content (AvgIpc) is 2.40. The Morgan fingerprint density at radius 2 is 1.75 bits per heavy atom. The van der Waals surface area contributed by atoms with Crippen LogP contribution in [0.5, 0.6) is 11.5 Å². The molecular formula is C15H24ClNO3. The minimum atomic E-state index is -0.534. The second-order valence-corrected chi connectivity index (χ2v) is 5.13. The van der Waals surface area contributed by atoms with E-state index in [1.807, 2.05) is 19.9 Å². The van der Waals surface area contributed by atoms with E-state index in [2.05, 4.69) is 0 Å². The molecular weight excluding hydrogens is 278 g/mol. The molecule has 0 saturated heterocycles. The summed E-state index contributed by atoms with van der Waals surface area (Å²) in [4.78, 5) is 0. The van der Waals surface area contributed by atoms with Gasteiger partial charge in [0.05, 0.1) is 19.3 Å². The fourth-order valence-electron chi connectivity index (χ4n) is 1.87. The Kier molecular flexibility index (Phi) is 7.13. The van der Waals surface area contributed by atoms with Gasteiger partial charge in [0.15, 0.2) is 11.5 Å². The molecule has 1 aromatic carbocycles. The van der Waals surface area contributed by atoms with Crippen LogP contribution >= 0.6 is 11.6 Å². The highest BCUT2D eigenvalue weighted by atomic mass is 35.5. The van der Waals surface area contributed by atoms with E-state index in [-0.39, 0.29) is 6.04 Å². The number of halogens is 1. The van der Waals surface area contributed by atoms with E-state index in [1.165, 1.54) is 0 Å². The first-order valence-electron chi connectivity index (χ1n) is 7.01. The van der Waals surface area contributed by atoms with E-state index in [9.17, 15) is 5.11 Å². The zero-order valence-electron chi connectivity index (χ0n) is 12.4. The van der Waals surface area contributed by atoms with Crippen LogP contribution < -0.4 is 15.2 Å². The number of hydrogen-bond acceptors (Lipinski definition) is 4. The molecule has 0 heterocycles. The van der Waals surface area contributed by atoms with Crippen LogP contribution in [0.1, 0.15) is 32.8 Å². The third-order valence-corrected chi connectivity index (χ3v) is 3.38. The van der Waals surface area contributed by atoms with E-state index in [0.717, 1.165) is 5.56 Å². The molecule has 0 aromatic heterocycles. The topological polar surface area (TPSA) is 64.7 Å². The van der Waals surface area contributed by atoms with Crippen molar-refractivity contribution in [2.75, 3.05) is 13.2 Å². The summed E-state index contributed by atoms with van der Waals surface area (Å²) < 4.78 is 11.1. The smallest absolute Gasteiger partial charge is 0.162 e. The Bertz CT molecular complexity index is 424. The fourth-order valence-corrected chi connectivity index (χ4v) is 2.12. The summed E-state index contributed by atoms with van der Waals surface area (Å²) in [6.45, 7) is 6.74. The van der Waals surface area contributed by atoms with Crippen LogP contribution in [0.2, 0.25) is 5.02 Å². The molecule has 5 heteroatoms. The van der Waals surface area contributed by atoms with Gasteiger partial charge >= 0.3 is 0 Å². The van der Waals surface area contributed by atoms with Crippen LogP contribution in [0.15, 0.2) is 12.1 Å². The SMILES string of the molecule is CCOc1cc(Cl)c(CCC(O)C(C)N)cc1OCC. The van der Waals surface area contributed by atoms with Crippen LogP contribution in [0.4, 0.5) is 0 Å². The van der Waals surface area contributed by atoms with Gasteiger partial charge in [0.2, 0.25) is 0 Å². The quantitative estimate of drug-likeness (QED) is 0.775. The van der Waals surface area contributed by atoms with Crippen molar-refractivity contribution < 1.29 is 14.6 Å². The van der Waals surface area contributed by atoms with Crippen molar-refractivity contribution >= 4 is 11.6 Å². The Morgan fingerprint density at radius 1 is 1.20 bits per heavy atom. The highest BCUT2D eigenvalue weighted by Gasteiger charge is 2.14. The second kappa shape index (κ2) is 8.35. The standard InChI is InChI=1S/C15H24ClNO3/c1-4-19-14-8-11(6-7-13(18)10(3)17)12(16)9-15(14)20-5-2/h8-10,13,18H,4-7,17H2,1-3H3. The summed E-state index contributed by atoms with van der Waals surface area (Å²) in [6.07, 6.45) is 0.679. The van der Waals surface area contributed by atoms with Crippen LogP contribution in [0.25, 0.3) is 0 Å². The van der Waals surface area contributed by atoms with Gasteiger partial charge < -0.3 is 20.3 Å². The van der Waals surface area contributed by atoms with Crippen LogP contribution in [-0.4, -0.2) is 30.5 Å². The number of ether oxygens (including phenoxy) is 2. The molecule has 0 aliphatic heterocycles. The Balaban J connectivity index is 2.88. The molecule has 20 heavy (non-hydrogen) atoms. The summed E-state index contributed by atoms with van der Waals surface area (Å²) in [5.41, 5.74) is 6.58. The normalized spacial score (nSPS) is 13.9. The number of hydrogen-bond donors (Lipinski definition) is 2. The first kappa shape index (κ1) is 17.1. The molecule has 2 unspecified atom stereocenters. The highest BCUT2D eigenvalue weighted by Crippen LogP contribution is 2.34. The van der Waals surface area contributed by atoms with Gasteiger partial charge in [0.25, 0.3) is 0 Å². The summed E-state index contributed by atoms with van der Waals surface area (Å²) in [6, 6.07) is 3.40. The number of nitrogens with two attached hydrogens (primary N) is 1. The predicted molar refractivity (Wildman–Crippen MR) is 81.8 cm³/mol. The van der Waals surface area contributed by atoms with Crippen LogP contribution in [0, 0.1) is 0 Å². The molecule has 0 fully saturated rings. The Labute approximate surface area is 125 Å². The molecule has 1 rings (SSSR count). The number of rotatable bonds is 8. The molecule has 0 saturated carbocycles. The monoisotopic (exact) mass is 301 g/mol. The summed E-state index contributed by atoms with van der Waals surface area (Å²) in [5.74, 6) is 1.33. The van der Waals surface area contributed by atoms with Crippen LogP contribution in [0.3, 0.4) is 0 Å². The Morgan fingerprint density at radius 3 is 2.25 bits per heavy atom. The maximum absolute atomic E-state index is 9.77. The lowest BCUT2D eigenvalue weighted by molar-refractivity contribution is 0.141. The third kappa shape index (κ3) is 4.85. The first-order chi connectivity index (χ1) is 9.49. The fraction of sp³-hybridized carbons (Fsp3) is 0.600. The lowest BCUT2D eigenvalue weighted by Crippen LogP contribution is -2.31. The van der Waals surface area contributed by atoms with Gasteiger partial charge in [-0.25, -0.2) is 0 Å². The second-order valence-electron chi connectivity index (χ2n) is 4.72. The Hall–Kier alpha value is -0.970. The molecule has 0 aliphatic rings. The van der Waals surface area contributed by atoms with Crippen molar-refractivity contribution in [2.45, 2.75) is 45.8 Å². The molecule has 4 nitrogen and oxygen atoms in total. The minimum absolute atomic E-state index is 0.247. The van der Waals surface area contributed by atoms with E-state index in [0.29, 0.717) is 42.6 Å². The number of aliphatic hydroxyl groups is 1. The van der Waals surface area contributed by atoms with E-state index in [4.69, 9.17) is 26.8 Å². The molecule has 2 atom stereocenters. The maximum atomic E-state index is 9.77. The molecule has 0 radical (unpaired) electrons. The highest BCUT2D eigenvalue weighted by molar-refractivity contribution is 6.31. The molecule has 0 aliphatic carbocycles. The van der Waals surface area contributed by atoms with Crippen molar-refractivity contribution in [1.29, 1.82) is 0 Å². The third-order valence-electron chi connectivity index (χ3n) is 3.03. The lowest BCUT2D eigenvalue weighted by atomic mass is 10.0. The van der Waals surface area contributed by atoms with Crippen LogP contribution in [-0.2, 0) is 6.42 Å². The summed E-state index contributed by atoms with van der Waals surface area (Å²) >= 11 is 6.25. The molecule has 0 spiro atoms. The zero-order chi connectivity index (χ0) is 15.1. The first-order valence-corrected chi connectivity index (χ1v) is 7.39. The zero-order valence-corrected chi connectivity index (χ0v) is 13.1. The molecule has 114 valence electrons. The molecule has 0 amide bonds. The van der Waals surface area contributed by atoms with Gasteiger partial charge in [-0.2, -0.15) is 0 Å². The van der Waals surface area contributed by atoms with Crippen molar-refractivity contribution in [3.8, 4) is 11.5 Å². The van der Waals surface area contributed by atoms with Gasteiger partial charge in [-0.1, -0.05) is 11.6 Å². The van der Waals surface area contributed by atoms with Crippen molar-refractivity contribution in [3.63, 3.8) is 0 Å². The van der Waals surface area contributed by atoms with E-state index < -0.39 is 6.10 Å². The van der Waals surface area contributed by atoms with Crippen molar-refractivity contribution in [2.24, 2.45) is 5.73 Å². The van der Waals surface area contributed by atoms with Gasteiger partial charge in [0, 0.05) is 17.1 Å². The average molecular weight is 302 g/mol. The largest absolute Gasteiger partial charge is 0.490 e. The lowest BCUT2D eigenvalue weighted by Gasteiger charge is -2.17. The number of aliphatic hydroxyl groups excluding tert-OH is 1. The summed E-state index contributed by atoms with van der Waals surface area (Å²) in [5, 5.41) is 10.4. The maximum Gasteiger partial charge on any atom is 0.162 e. The number of aryl methyl sites for hydroxylation is 1. The van der Waals surface area contributed by atoms with Gasteiger partial charge in [-0.05, 0) is 45.2 Å². The van der Waals surface area contributed by atoms with Crippen molar-refractivity contribution in [1.82, 2.24) is 0 Å². The minimum Gasteiger partial charge on any atom is -0.490 e. The van der Waals surface area contributed by atoms with E-state index >= 15 is 0 Å².